The Balaban J connectivity index is 1.39. The summed E-state index contributed by atoms with van der Waals surface area (Å²) < 4.78 is 21.4. The maximum absolute atomic E-state index is 12.8. The smallest absolute Gasteiger partial charge is 0.146 e. The highest BCUT2D eigenvalue weighted by Crippen LogP contribution is 2.25. The fourth-order valence-electron chi connectivity index (χ4n) is 3.70. The van der Waals surface area contributed by atoms with Gasteiger partial charge in [0.1, 0.15) is 22.6 Å². The third-order valence-corrected chi connectivity index (χ3v) is 6.33. The zero-order valence-electron chi connectivity index (χ0n) is 16.5. The second-order valence-electron chi connectivity index (χ2n) is 7.18. The van der Waals surface area contributed by atoms with Crippen molar-refractivity contribution in [2.75, 3.05) is 31.2 Å². The number of anilines is 1. The van der Waals surface area contributed by atoms with Gasteiger partial charge >= 0.3 is 0 Å². The van der Waals surface area contributed by atoms with Crippen molar-refractivity contribution in [2.24, 2.45) is 0 Å². The Labute approximate surface area is 177 Å². The van der Waals surface area contributed by atoms with Gasteiger partial charge in [0.15, 0.2) is 0 Å². The van der Waals surface area contributed by atoms with Crippen LogP contribution in [-0.2, 0) is 22.3 Å². The SMILES string of the molecule is O=S(NCc1nc(N2CCOCC2)c2ccccc2n1)c1ccc2ccccc2c1. The number of hydrogen-bond donors (Lipinski definition) is 1. The number of rotatable bonds is 5. The number of morpholine rings is 1. The molecule has 1 unspecified atom stereocenters. The lowest BCUT2D eigenvalue weighted by Crippen LogP contribution is -2.37. The van der Waals surface area contributed by atoms with Gasteiger partial charge in [-0.1, -0.05) is 42.5 Å². The van der Waals surface area contributed by atoms with Gasteiger partial charge < -0.3 is 9.64 Å². The number of hydrogen-bond acceptors (Lipinski definition) is 5. The van der Waals surface area contributed by atoms with Crippen LogP contribution in [0, 0.1) is 0 Å². The van der Waals surface area contributed by atoms with Crippen LogP contribution in [0.4, 0.5) is 5.82 Å². The van der Waals surface area contributed by atoms with E-state index >= 15 is 0 Å². The zero-order chi connectivity index (χ0) is 20.3. The maximum atomic E-state index is 12.8. The summed E-state index contributed by atoms with van der Waals surface area (Å²) in [6, 6.07) is 21.9. The largest absolute Gasteiger partial charge is 0.378 e. The standard InChI is InChI=1S/C23H22N4O2S/c28-30(19-10-9-17-5-1-2-6-18(17)15-19)24-16-22-25-21-8-4-3-7-20(21)23(26-22)27-11-13-29-14-12-27/h1-10,15,24H,11-14,16H2. The Hall–Kier alpha value is -2.87. The van der Waals surface area contributed by atoms with Gasteiger partial charge in [0.2, 0.25) is 0 Å². The lowest BCUT2D eigenvalue weighted by atomic mass is 10.1. The second kappa shape index (κ2) is 8.47. The van der Waals surface area contributed by atoms with E-state index in [-0.39, 0.29) is 0 Å². The molecule has 1 fully saturated rings. The van der Waals surface area contributed by atoms with Crippen LogP contribution in [0.3, 0.4) is 0 Å². The highest BCUT2D eigenvalue weighted by atomic mass is 32.2. The summed E-state index contributed by atoms with van der Waals surface area (Å²) in [7, 11) is -1.35. The molecule has 1 N–H and O–H groups in total. The lowest BCUT2D eigenvalue weighted by Gasteiger charge is -2.29. The van der Waals surface area contributed by atoms with Gasteiger partial charge in [-0.05, 0) is 35.0 Å². The van der Waals surface area contributed by atoms with Crippen LogP contribution < -0.4 is 9.62 Å². The van der Waals surface area contributed by atoms with Crippen molar-refractivity contribution in [3.8, 4) is 0 Å². The quantitative estimate of drug-likeness (QED) is 0.538. The molecule has 5 rings (SSSR count). The molecule has 1 aliphatic heterocycles. The van der Waals surface area contributed by atoms with Crippen LogP contribution in [0.15, 0.2) is 71.6 Å². The topological polar surface area (TPSA) is 67.4 Å². The number of benzene rings is 3. The summed E-state index contributed by atoms with van der Waals surface area (Å²) in [5.41, 5.74) is 0.891. The number of fused-ring (bicyclic) bond motifs is 2. The van der Waals surface area contributed by atoms with E-state index in [0.717, 1.165) is 45.5 Å². The molecule has 0 aliphatic carbocycles. The molecular formula is C23H22N4O2S. The third-order valence-electron chi connectivity index (χ3n) is 5.24. The van der Waals surface area contributed by atoms with E-state index in [2.05, 4.69) is 14.6 Å². The van der Waals surface area contributed by atoms with Gasteiger partial charge in [-0.2, -0.15) is 0 Å². The van der Waals surface area contributed by atoms with Gasteiger partial charge in [-0.25, -0.2) is 18.9 Å². The van der Waals surface area contributed by atoms with Crippen LogP contribution in [0.1, 0.15) is 5.82 Å². The van der Waals surface area contributed by atoms with E-state index in [1.54, 1.807) is 0 Å². The zero-order valence-corrected chi connectivity index (χ0v) is 17.3. The molecule has 1 aromatic heterocycles. The Morgan fingerprint density at radius 2 is 1.70 bits per heavy atom. The van der Waals surface area contributed by atoms with Gasteiger partial charge in [0.25, 0.3) is 0 Å². The average molecular weight is 419 g/mol. The van der Waals surface area contributed by atoms with Gasteiger partial charge in [0.05, 0.1) is 30.2 Å². The predicted octanol–water partition coefficient (Wildman–Crippen LogP) is 3.43. The van der Waals surface area contributed by atoms with Crippen molar-refractivity contribution in [1.82, 2.24) is 14.7 Å². The normalized spacial score (nSPS) is 15.5. The lowest BCUT2D eigenvalue weighted by molar-refractivity contribution is 0.122. The summed E-state index contributed by atoms with van der Waals surface area (Å²) >= 11 is 0. The van der Waals surface area contributed by atoms with Crippen molar-refractivity contribution in [1.29, 1.82) is 0 Å². The fourth-order valence-corrected chi connectivity index (χ4v) is 4.55. The van der Waals surface area contributed by atoms with Gasteiger partial charge in [0, 0.05) is 18.5 Å². The first-order valence-corrected chi connectivity index (χ1v) is 11.2. The molecule has 4 aromatic rings. The third kappa shape index (κ3) is 3.92. The summed E-state index contributed by atoms with van der Waals surface area (Å²) in [4.78, 5) is 12.5. The molecule has 1 saturated heterocycles. The van der Waals surface area contributed by atoms with Gasteiger partial charge in [-0.3, -0.25) is 0 Å². The summed E-state index contributed by atoms with van der Waals surface area (Å²) in [6.45, 7) is 3.31. The van der Waals surface area contributed by atoms with Crippen molar-refractivity contribution in [3.05, 3.63) is 72.6 Å². The Morgan fingerprint density at radius 1 is 0.933 bits per heavy atom. The van der Waals surface area contributed by atoms with E-state index in [1.165, 1.54) is 0 Å². The Kier molecular flexibility index (Phi) is 5.40. The number of nitrogens with one attached hydrogen (secondary N) is 1. The molecule has 0 bridgehead atoms. The van der Waals surface area contributed by atoms with Crippen molar-refractivity contribution in [2.45, 2.75) is 11.4 Å². The summed E-state index contributed by atoms with van der Waals surface area (Å²) in [5.74, 6) is 1.54. The summed E-state index contributed by atoms with van der Waals surface area (Å²) in [5, 5.41) is 3.23. The molecule has 0 spiro atoms. The van der Waals surface area contributed by atoms with Crippen molar-refractivity contribution >= 4 is 38.5 Å². The molecule has 0 saturated carbocycles. The van der Waals surface area contributed by atoms with Gasteiger partial charge in [-0.15, -0.1) is 0 Å². The van der Waals surface area contributed by atoms with Crippen LogP contribution in [0.5, 0.6) is 0 Å². The van der Waals surface area contributed by atoms with Crippen molar-refractivity contribution < 1.29 is 8.95 Å². The highest BCUT2D eigenvalue weighted by molar-refractivity contribution is 7.83. The molecular weight excluding hydrogens is 396 g/mol. The average Bonchev–Trinajstić information content (AvgIpc) is 2.82. The molecule has 0 radical (unpaired) electrons. The highest BCUT2D eigenvalue weighted by Gasteiger charge is 2.17. The predicted molar refractivity (Wildman–Crippen MR) is 120 cm³/mol. The maximum Gasteiger partial charge on any atom is 0.146 e. The second-order valence-corrected chi connectivity index (χ2v) is 8.48. The molecule has 2 heterocycles. The van der Waals surface area contributed by atoms with Crippen LogP contribution in [0.25, 0.3) is 21.7 Å². The Morgan fingerprint density at radius 3 is 2.57 bits per heavy atom. The monoisotopic (exact) mass is 418 g/mol. The molecule has 7 heteroatoms. The van der Waals surface area contributed by atoms with E-state index in [1.807, 2.05) is 66.7 Å². The van der Waals surface area contributed by atoms with Crippen LogP contribution in [0.2, 0.25) is 0 Å². The molecule has 6 nitrogen and oxygen atoms in total. The number of ether oxygens (including phenoxy) is 1. The minimum atomic E-state index is -1.35. The molecule has 30 heavy (non-hydrogen) atoms. The minimum Gasteiger partial charge on any atom is -0.378 e. The first-order chi connectivity index (χ1) is 14.8. The van der Waals surface area contributed by atoms with E-state index in [9.17, 15) is 4.21 Å². The molecule has 0 amide bonds. The van der Waals surface area contributed by atoms with Crippen molar-refractivity contribution in [3.63, 3.8) is 0 Å². The fraction of sp³-hybridized carbons (Fsp3) is 0.217. The molecule has 1 aliphatic rings. The number of nitrogens with zero attached hydrogens (tertiary/aromatic N) is 3. The summed E-state index contributed by atoms with van der Waals surface area (Å²) in [6.07, 6.45) is 0. The van der Waals surface area contributed by atoms with E-state index in [4.69, 9.17) is 9.72 Å². The molecule has 3 aromatic carbocycles. The number of aromatic nitrogens is 2. The van der Waals surface area contributed by atoms with Crippen LogP contribution >= 0.6 is 0 Å². The first kappa shape index (κ1) is 19.1. The van der Waals surface area contributed by atoms with E-state index < -0.39 is 11.0 Å². The minimum absolute atomic E-state index is 0.321. The van der Waals surface area contributed by atoms with Crippen LogP contribution in [-0.4, -0.2) is 40.5 Å². The Bertz CT molecular complexity index is 1220. The molecule has 1 atom stereocenters. The van der Waals surface area contributed by atoms with E-state index in [0.29, 0.717) is 25.6 Å². The molecule has 152 valence electrons. The first-order valence-electron chi connectivity index (χ1n) is 10.0. The number of para-hydroxylation sites is 1.